The summed E-state index contributed by atoms with van der Waals surface area (Å²) in [6.45, 7) is 4.68. The number of ether oxygens (including phenoxy) is 2. The van der Waals surface area contributed by atoms with Crippen LogP contribution in [0, 0.1) is 11.3 Å². The Kier molecular flexibility index (Phi) is 7.50. The van der Waals surface area contributed by atoms with Crippen molar-refractivity contribution < 1.29 is 14.3 Å². The first kappa shape index (κ1) is 21.7. The summed E-state index contributed by atoms with van der Waals surface area (Å²) in [6, 6.07) is 23.7. The lowest BCUT2D eigenvalue weighted by Crippen LogP contribution is -2.31. The van der Waals surface area contributed by atoms with Crippen LogP contribution in [-0.4, -0.2) is 18.6 Å². The summed E-state index contributed by atoms with van der Waals surface area (Å²) >= 11 is 0. The number of anilines is 2. The predicted octanol–water partition coefficient (Wildman–Crippen LogP) is 4.98. The Morgan fingerprint density at radius 1 is 0.968 bits per heavy atom. The van der Waals surface area contributed by atoms with Gasteiger partial charge in [-0.15, -0.1) is 0 Å². The van der Waals surface area contributed by atoms with Gasteiger partial charge in [0.15, 0.2) is 0 Å². The highest BCUT2D eigenvalue weighted by atomic mass is 16.5. The number of hydrogen-bond donors (Lipinski definition) is 2. The molecular weight excluding hydrogens is 390 g/mol. The van der Waals surface area contributed by atoms with Crippen LogP contribution >= 0.6 is 0 Å². The van der Waals surface area contributed by atoms with E-state index in [-0.39, 0.29) is 5.91 Å². The first-order valence-electron chi connectivity index (χ1n) is 10.1. The van der Waals surface area contributed by atoms with Crippen LogP contribution in [0.3, 0.4) is 0 Å². The van der Waals surface area contributed by atoms with Crippen molar-refractivity contribution in [2.24, 2.45) is 0 Å². The third kappa shape index (κ3) is 6.51. The second-order valence-corrected chi connectivity index (χ2v) is 6.94. The summed E-state index contributed by atoms with van der Waals surface area (Å²) in [7, 11) is 0. The van der Waals surface area contributed by atoms with Gasteiger partial charge in [0.25, 0.3) is 0 Å². The number of carbonyl (C=O) groups is 1. The van der Waals surface area contributed by atoms with Gasteiger partial charge in [-0.3, -0.25) is 4.79 Å². The number of carbonyl (C=O) groups excluding carboxylic acids is 1. The van der Waals surface area contributed by atoms with E-state index in [1.165, 1.54) is 0 Å². The van der Waals surface area contributed by atoms with Crippen molar-refractivity contribution in [1.82, 2.24) is 0 Å². The van der Waals surface area contributed by atoms with Crippen LogP contribution in [0.1, 0.15) is 25.0 Å². The molecule has 31 heavy (non-hydrogen) atoms. The van der Waals surface area contributed by atoms with Gasteiger partial charge < -0.3 is 20.1 Å². The molecule has 0 saturated heterocycles. The quantitative estimate of drug-likeness (QED) is 0.515. The van der Waals surface area contributed by atoms with Gasteiger partial charge in [-0.1, -0.05) is 18.2 Å². The van der Waals surface area contributed by atoms with Crippen LogP contribution in [0.15, 0.2) is 72.8 Å². The number of hydrogen-bond acceptors (Lipinski definition) is 5. The molecular formula is C25H25N3O3. The van der Waals surface area contributed by atoms with Gasteiger partial charge in [0.05, 0.1) is 18.2 Å². The maximum atomic E-state index is 12.5. The molecule has 3 aromatic carbocycles. The minimum absolute atomic E-state index is 0.149. The number of nitriles is 1. The molecule has 1 atom stereocenters. The zero-order chi connectivity index (χ0) is 22.1. The Morgan fingerprint density at radius 2 is 1.74 bits per heavy atom. The molecule has 6 nitrogen and oxygen atoms in total. The van der Waals surface area contributed by atoms with E-state index in [2.05, 4.69) is 16.7 Å². The van der Waals surface area contributed by atoms with Gasteiger partial charge in [-0.2, -0.15) is 5.26 Å². The van der Waals surface area contributed by atoms with E-state index < -0.39 is 6.04 Å². The fourth-order valence-corrected chi connectivity index (χ4v) is 2.94. The average molecular weight is 415 g/mol. The zero-order valence-electron chi connectivity index (χ0n) is 17.6. The maximum Gasteiger partial charge on any atom is 0.246 e. The molecule has 6 heteroatoms. The lowest BCUT2D eigenvalue weighted by atomic mass is 10.1. The number of benzene rings is 3. The molecule has 2 N–H and O–H groups in total. The van der Waals surface area contributed by atoms with Crippen LogP contribution < -0.4 is 20.1 Å². The van der Waals surface area contributed by atoms with E-state index in [0.29, 0.717) is 30.2 Å². The summed E-state index contributed by atoms with van der Waals surface area (Å²) in [5.74, 6) is 1.29. The highest BCUT2D eigenvalue weighted by molar-refractivity contribution is 5.96. The summed E-state index contributed by atoms with van der Waals surface area (Å²) in [5, 5.41) is 15.1. The van der Waals surface area contributed by atoms with Crippen molar-refractivity contribution >= 4 is 17.3 Å². The minimum Gasteiger partial charge on any atom is -0.494 e. The number of nitrogens with zero attached hydrogens (tertiary/aromatic N) is 1. The van der Waals surface area contributed by atoms with E-state index in [9.17, 15) is 4.79 Å². The molecule has 0 aromatic heterocycles. The van der Waals surface area contributed by atoms with E-state index >= 15 is 0 Å². The maximum absolute atomic E-state index is 12.5. The molecule has 0 aliphatic heterocycles. The van der Waals surface area contributed by atoms with E-state index in [4.69, 9.17) is 14.7 Å². The zero-order valence-corrected chi connectivity index (χ0v) is 17.6. The minimum atomic E-state index is -0.450. The average Bonchev–Trinajstić information content (AvgIpc) is 2.79. The van der Waals surface area contributed by atoms with Crippen molar-refractivity contribution in [3.05, 3.63) is 83.9 Å². The fraction of sp³-hybridized carbons (Fsp3) is 0.200. The summed E-state index contributed by atoms with van der Waals surface area (Å²) in [5.41, 5.74) is 3.00. The third-order valence-electron chi connectivity index (χ3n) is 4.50. The Bertz CT molecular complexity index is 1060. The van der Waals surface area contributed by atoms with Gasteiger partial charge in [0.1, 0.15) is 24.1 Å². The van der Waals surface area contributed by atoms with Crippen LogP contribution in [0.25, 0.3) is 0 Å². The predicted molar refractivity (Wildman–Crippen MR) is 121 cm³/mol. The Hall–Kier alpha value is -3.98. The molecule has 0 aliphatic rings. The highest BCUT2D eigenvalue weighted by Crippen LogP contribution is 2.20. The second kappa shape index (κ2) is 10.7. The highest BCUT2D eigenvalue weighted by Gasteiger charge is 2.13. The van der Waals surface area contributed by atoms with Crippen LogP contribution in [0.4, 0.5) is 11.4 Å². The van der Waals surface area contributed by atoms with Crippen LogP contribution in [-0.2, 0) is 11.4 Å². The smallest absolute Gasteiger partial charge is 0.246 e. The van der Waals surface area contributed by atoms with Gasteiger partial charge in [-0.25, -0.2) is 0 Å². The van der Waals surface area contributed by atoms with E-state index in [1.807, 2.05) is 67.6 Å². The number of rotatable bonds is 9. The first-order chi connectivity index (χ1) is 15.1. The molecule has 0 aliphatic carbocycles. The van der Waals surface area contributed by atoms with Gasteiger partial charge in [0, 0.05) is 17.4 Å². The van der Waals surface area contributed by atoms with Crippen molar-refractivity contribution in [3.8, 4) is 17.6 Å². The van der Waals surface area contributed by atoms with Crippen LogP contribution in [0.2, 0.25) is 0 Å². The lowest BCUT2D eigenvalue weighted by molar-refractivity contribution is -0.116. The largest absolute Gasteiger partial charge is 0.494 e. The molecule has 1 amide bonds. The van der Waals surface area contributed by atoms with Crippen LogP contribution in [0.5, 0.6) is 11.5 Å². The second-order valence-electron chi connectivity index (χ2n) is 6.94. The topological polar surface area (TPSA) is 83.4 Å². The molecule has 158 valence electrons. The summed E-state index contributed by atoms with van der Waals surface area (Å²) in [4.78, 5) is 12.5. The lowest BCUT2D eigenvalue weighted by Gasteiger charge is -2.16. The molecule has 0 fully saturated rings. The van der Waals surface area contributed by atoms with E-state index in [0.717, 1.165) is 17.0 Å². The monoisotopic (exact) mass is 415 g/mol. The van der Waals surface area contributed by atoms with Crippen molar-refractivity contribution in [2.75, 3.05) is 17.2 Å². The SMILES string of the molecule is CCOc1ccc(NC(=O)C(C)Nc2cccc(OCc3cccc(C#N)c3)c2)cc1. The molecule has 0 saturated carbocycles. The molecule has 0 radical (unpaired) electrons. The Morgan fingerprint density at radius 3 is 2.48 bits per heavy atom. The Balaban J connectivity index is 1.55. The number of nitrogens with one attached hydrogen (secondary N) is 2. The molecule has 3 aromatic rings. The fourth-order valence-electron chi connectivity index (χ4n) is 2.94. The van der Waals surface area contributed by atoms with Gasteiger partial charge in [0.2, 0.25) is 5.91 Å². The standard InChI is InChI=1S/C25H25N3O3/c1-3-30-23-12-10-21(11-13-23)28-25(29)18(2)27-22-8-5-9-24(15-22)31-17-20-7-4-6-19(14-20)16-26/h4-15,18,27H,3,17H2,1-2H3,(H,28,29). The van der Waals surface area contributed by atoms with Gasteiger partial charge >= 0.3 is 0 Å². The Labute approximate surface area is 182 Å². The van der Waals surface area contributed by atoms with Crippen molar-refractivity contribution in [3.63, 3.8) is 0 Å². The molecule has 3 rings (SSSR count). The number of amides is 1. The van der Waals surface area contributed by atoms with Crippen molar-refractivity contribution in [1.29, 1.82) is 5.26 Å². The summed E-state index contributed by atoms with van der Waals surface area (Å²) in [6.07, 6.45) is 0. The summed E-state index contributed by atoms with van der Waals surface area (Å²) < 4.78 is 11.3. The molecule has 0 bridgehead atoms. The third-order valence-corrected chi connectivity index (χ3v) is 4.50. The van der Waals surface area contributed by atoms with Gasteiger partial charge in [-0.05, 0) is 67.9 Å². The molecule has 0 heterocycles. The molecule has 0 spiro atoms. The van der Waals surface area contributed by atoms with Crippen molar-refractivity contribution in [2.45, 2.75) is 26.5 Å². The van der Waals surface area contributed by atoms with E-state index in [1.54, 1.807) is 19.1 Å². The normalized spacial score (nSPS) is 11.1. The first-order valence-corrected chi connectivity index (χ1v) is 10.1. The molecule has 1 unspecified atom stereocenters.